The maximum atomic E-state index is 10.6. The van der Waals surface area contributed by atoms with Crippen LogP contribution in [0.2, 0.25) is 0 Å². The van der Waals surface area contributed by atoms with E-state index in [0.717, 1.165) is 38.0 Å². The molecule has 0 aliphatic heterocycles. The maximum absolute atomic E-state index is 10.6. The van der Waals surface area contributed by atoms with Crippen LogP contribution in [-0.2, 0) is 0 Å². The molecule has 0 spiro atoms. The van der Waals surface area contributed by atoms with Crippen LogP contribution in [0.5, 0.6) is 0 Å². The quantitative estimate of drug-likeness (QED) is 0.490. The number of rotatable bonds is 6. The maximum Gasteiger partial charge on any atom is 0.209 e. The van der Waals surface area contributed by atoms with Crippen molar-refractivity contribution in [3.63, 3.8) is 0 Å². The zero-order chi connectivity index (χ0) is 18.5. The zero-order valence-corrected chi connectivity index (χ0v) is 15.9. The molecule has 3 fully saturated rings. The van der Waals surface area contributed by atoms with Crippen LogP contribution in [0.15, 0.2) is 0 Å². The first-order valence-corrected chi connectivity index (χ1v) is 10.1. The molecule has 0 aromatic heterocycles. The monoisotopic (exact) mass is 354 g/mol. The lowest BCUT2D eigenvalue weighted by molar-refractivity contribution is -0.507. The Morgan fingerprint density at radius 3 is 2.00 bits per heavy atom. The first-order chi connectivity index (χ1) is 11.9. The van der Waals surface area contributed by atoms with Gasteiger partial charge in [-0.25, -0.2) is 0 Å². The van der Waals surface area contributed by atoms with E-state index in [0.29, 0.717) is 5.92 Å². The van der Waals surface area contributed by atoms with E-state index in [1.54, 1.807) is 0 Å². The molecule has 6 heteroatoms. The second-order valence-electron chi connectivity index (χ2n) is 8.61. The van der Waals surface area contributed by atoms with Crippen molar-refractivity contribution in [1.82, 2.24) is 0 Å². The molecule has 0 aromatic rings. The fourth-order valence-corrected chi connectivity index (χ4v) is 5.76. The standard InChI is InChI=1S/C10H17NO2.C9H17NO2/c1-2-10(7-11(12)13)6-8-4-3-5-9(8)10;1-2-9(8-10(11)12)6-4-3-5-7-9/h8-9H,2-7H2,1H3;2-8H2,1H3/t8-,9-,10+;/m1./s1. The van der Waals surface area contributed by atoms with Crippen LogP contribution in [0.25, 0.3) is 0 Å². The largest absolute Gasteiger partial charge is 0.265 e. The summed E-state index contributed by atoms with van der Waals surface area (Å²) in [4.78, 5) is 20.7. The van der Waals surface area contributed by atoms with Crippen molar-refractivity contribution < 1.29 is 9.85 Å². The molecule has 3 atom stereocenters. The van der Waals surface area contributed by atoms with Gasteiger partial charge in [0.2, 0.25) is 13.1 Å². The summed E-state index contributed by atoms with van der Waals surface area (Å²) in [5, 5.41) is 21.0. The Balaban J connectivity index is 0.000000181. The van der Waals surface area contributed by atoms with Crippen LogP contribution in [0.1, 0.15) is 84.5 Å². The topological polar surface area (TPSA) is 86.3 Å². The third kappa shape index (κ3) is 4.70. The second-order valence-corrected chi connectivity index (χ2v) is 8.61. The highest BCUT2D eigenvalue weighted by atomic mass is 16.6. The van der Waals surface area contributed by atoms with E-state index >= 15 is 0 Å². The first kappa shape index (κ1) is 20.1. The molecule has 25 heavy (non-hydrogen) atoms. The van der Waals surface area contributed by atoms with Crippen molar-refractivity contribution in [3.8, 4) is 0 Å². The Bertz CT molecular complexity index is 476. The van der Waals surface area contributed by atoms with Crippen molar-refractivity contribution in [2.75, 3.05) is 13.1 Å². The summed E-state index contributed by atoms with van der Waals surface area (Å²) in [6.45, 7) is 4.58. The first-order valence-electron chi connectivity index (χ1n) is 10.1. The molecule has 3 saturated carbocycles. The van der Waals surface area contributed by atoms with Gasteiger partial charge in [-0.3, -0.25) is 20.2 Å². The van der Waals surface area contributed by atoms with Crippen LogP contribution in [0.3, 0.4) is 0 Å². The summed E-state index contributed by atoms with van der Waals surface area (Å²) in [5.41, 5.74) is 0.131. The molecule has 3 aliphatic carbocycles. The minimum absolute atomic E-state index is 0.0434. The van der Waals surface area contributed by atoms with Gasteiger partial charge in [-0.2, -0.15) is 0 Å². The van der Waals surface area contributed by atoms with Gasteiger partial charge in [0.15, 0.2) is 0 Å². The summed E-state index contributed by atoms with van der Waals surface area (Å²) in [6, 6.07) is 0. The lowest BCUT2D eigenvalue weighted by Crippen LogP contribution is -2.49. The summed E-state index contributed by atoms with van der Waals surface area (Å²) in [7, 11) is 0. The third-order valence-corrected chi connectivity index (χ3v) is 7.39. The van der Waals surface area contributed by atoms with Gasteiger partial charge in [-0.05, 0) is 50.4 Å². The third-order valence-electron chi connectivity index (χ3n) is 7.39. The van der Waals surface area contributed by atoms with E-state index in [9.17, 15) is 20.2 Å². The van der Waals surface area contributed by atoms with Gasteiger partial charge in [-0.1, -0.05) is 46.0 Å². The number of nitro groups is 2. The molecule has 0 N–H and O–H groups in total. The van der Waals surface area contributed by atoms with E-state index in [-0.39, 0.29) is 33.8 Å². The Morgan fingerprint density at radius 1 is 0.880 bits per heavy atom. The lowest BCUT2D eigenvalue weighted by Gasteiger charge is -2.49. The molecular weight excluding hydrogens is 320 g/mol. The molecule has 3 rings (SSSR count). The number of hydrogen-bond donors (Lipinski definition) is 0. The highest BCUT2D eigenvalue weighted by molar-refractivity contribution is 5.03. The van der Waals surface area contributed by atoms with Crippen LogP contribution < -0.4 is 0 Å². The Labute approximate surface area is 151 Å². The van der Waals surface area contributed by atoms with E-state index in [2.05, 4.69) is 13.8 Å². The molecule has 0 unspecified atom stereocenters. The normalized spacial score (nSPS) is 32.7. The van der Waals surface area contributed by atoms with Crippen LogP contribution in [0.4, 0.5) is 0 Å². The predicted octanol–water partition coefficient (Wildman–Crippen LogP) is 5.10. The van der Waals surface area contributed by atoms with Gasteiger partial charge < -0.3 is 0 Å². The summed E-state index contributed by atoms with van der Waals surface area (Å²) in [6.07, 6.45) is 12.7. The number of nitrogens with zero attached hydrogens (tertiary/aromatic N) is 2. The van der Waals surface area contributed by atoms with Crippen molar-refractivity contribution in [2.45, 2.75) is 84.5 Å². The minimum Gasteiger partial charge on any atom is -0.265 e. The SMILES string of the molecule is CCC1(C[N+](=O)[O-])CCCCC1.CC[C@@]1(C[N+](=O)[O-])C[C@H]2CCC[C@H]21. The van der Waals surface area contributed by atoms with Gasteiger partial charge >= 0.3 is 0 Å². The Kier molecular flexibility index (Phi) is 6.80. The van der Waals surface area contributed by atoms with Gasteiger partial charge in [0.1, 0.15) is 0 Å². The molecule has 6 nitrogen and oxygen atoms in total. The molecule has 0 heterocycles. The zero-order valence-electron chi connectivity index (χ0n) is 15.9. The molecule has 3 aliphatic rings. The van der Waals surface area contributed by atoms with Crippen molar-refractivity contribution >= 4 is 0 Å². The molecule has 0 radical (unpaired) electrons. The molecule has 0 saturated heterocycles. The average Bonchev–Trinajstić information content (AvgIpc) is 2.96. The lowest BCUT2D eigenvalue weighted by atomic mass is 9.54. The summed E-state index contributed by atoms with van der Waals surface area (Å²) >= 11 is 0. The van der Waals surface area contributed by atoms with E-state index in [1.165, 1.54) is 38.5 Å². The van der Waals surface area contributed by atoms with E-state index in [1.807, 2.05) is 0 Å². The molecular formula is C19H34N2O4. The second kappa shape index (κ2) is 8.45. The van der Waals surface area contributed by atoms with Crippen LogP contribution in [-0.4, -0.2) is 22.9 Å². The van der Waals surface area contributed by atoms with Gasteiger partial charge in [-0.15, -0.1) is 0 Å². The average molecular weight is 354 g/mol. The highest BCUT2D eigenvalue weighted by Crippen LogP contribution is 2.60. The fourth-order valence-electron chi connectivity index (χ4n) is 5.76. The molecule has 0 aromatic carbocycles. The van der Waals surface area contributed by atoms with Gasteiger partial charge in [0, 0.05) is 20.7 Å². The van der Waals surface area contributed by atoms with Gasteiger partial charge in [0.25, 0.3) is 0 Å². The molecule has 0 bridgehead atoms. The van der Waals surface area contributed by atoms with E-state index < -0.39 is 0 Å². The molecule has 0 amide bonds. The fraction of sp³-hybridized carbons (Fsp3) is 1.00. The van der Waals surface area contributed by atoms with Crippen molar-refractivity contribution in [2.24, 2.45) is 22.7 Å². The van der Waals surface area contributed by atoms with Crippen LogP contribution >= 0.6 is 0 Å². The summed E-state index contributed by atoms with van der Waals surface area (Å²) < 4.78 is 0. The van der Waals surface area contributed by atoms with Gasteiger partial charge in [0.05, 0.1) is 0 Å². The summed E-state index contributed by atoms with van der Waals surface area (Å²) in [5.74, 6) is 1.52. The smallest absolute Gasteiger partial charge is 0.209 e. The predicted molar refractivity (Wildman–Crippen MR) is 97.7 cm³/mol. The van der Waals surface area contributed by atoms with Crippen molar-refractivity contribution in [1.29, 1.82) is 0 Å². The highest BCUT2D eigenvalue weighted by Gasteiger charge is 2.56. The van der Waals surface area contributed by atoms with Crippen molar-refractivity contribution in [3.05, 3.63) is 20.2 Å². The van der Waals surface area contributed by atoms with E-state index in [4.69, 9.17) is 0 Å². The Morgan fingerprint density at radius 2 is 1.52 bits per heavy atom. The molecule has 144 valence electrons. The number of hydrogen-bond acceptors (Lipinski definition) is 4. The Hall–Kier alpha value is -1.20. The minimum atomic E-state index is -0.144. The van der Waals surface area contributed by atoms with Crippen LogP contribution in [0, 0.1) is 42.9 Å². The number of fused-ring (bicyclic) bond motifs is 1.